The second-order valence-corrected chi connectivity index (χ2v) is 5.72. The van der Waals surface area contributed by atoms with Crippen molar-refractivity contribution in [3.8, 4) is 17.0 Å². The highest BCUT2D eigenvalue weighted by molar-refractivity contribution is 5.96. The van der Waals surface area contributed by atoms with Crippen LogP contribution in [-0.4, -0.2) is 11.5 Å². The summed E-state index contributed by atoms with van der Waals surface area (Å²) in [4.78, 5) is 0. The number of hydrogen-bond donors (Lipinski definition) is 2. The molecular weight excluding hydrogens is 274 g/mol. The van der Waals surface area contributed by atoms with Crippen LogP contribution < -0.4 is 16.2 Å². The molecule has 0 aliphatic heterocycles. The summed E-state index contributed by atoms with van der Waals surface area (Å²) in [5.41, 5.74) is 20.1. The van der Waals surface area contributed by atoms with Gasteiger partial charge < -0.3 is 20.6 Å². The van der Waals surface area contributed by atoms with Crippen molar-refractivity contribution in [2.45, 2.75) is 20.8 Å². The lowest BCUT2D eigenvalue weighted by atomic mass is 9.98. The fourth-order valence-electron chi connectivity index (χ4n) is 3.08. The molecular formula is C18H21N3O. The van der Waals surface area contributed by atoms with Gasteiger partial charge in [0, 0.05) is 17.3 Å². The second-order valence-electron chi connectivity index (χ2n) is 5.72. The molecule has 3 rings (SSSR count). The van der Waals surface area contributed by atoms with Crippen LogP contribution in [0.4, 0.5) is 11.4 Å². The number of anilines is 2. The van der Waals surface area contributed by atoms with Crippen molar-refractivity contribution in [2.75, 3.05) is 18.6 Å². The van der Waals surface area contributed by atoms with Crippen LogP contribution in [-0.2, 0) is 0 Å². The predicted octanol–water partition coefficient (Wildman–Crippen LogP) is 3.70. The van der Waals surface area contributed by atoms with E-state index in [1.165, 1.54) is 0 Å². The molecule has 0 aliphatic carbocycles. The van der Waals surface area contributed by atoms with Crippen LogP contribution in [0.2, 0.25) is 0 Å². The van der Waals surface area contributed by atoms with Crippen molar-refractivity contribution < 1.29 is 4.74 Å². The maximum Gasteiger partial charge on any atom is 0.122 e. The van der Waals surface area contributed by atoms with E-state index in [-0.39, 0.29) is 0 Å². The van der Waals surface area contributed by atoms with Crippen LogP contribution in [0.1, 0.15) is 16.7 Å². The molecule has 114 valence electrons. The molecule has 4 nitrogen and oxygen atoms in total. The third-order valence-electron chi connectivity index (χ3n) is 4.24. The van der Waals surface area contributed by atoms with E-state index in [1.807, 2.05) is 31.2 Å². The third-order valence-corrected chi connectivity index (χ3v) is 4.24. The fraction of sp³-hybridized carbons (Fsp3) is 0.222. The van der Waals surface area contributed by atoms with Crippen LogP contribution in [0.5, 0.6) is 5.75 Å². The Morgan fingerprint density at radius 3 is 2.36 bits per heavy atom. The van der Waals surface area contributed by atoms with Gasteiger partial charge in [-0.25, -0.2) is 0 Å². The van der Waals surface area contributed by atoms with E-state index in [0.29, 0.717) is 11.4 Å². The zero-order chi connectivity index (χ0) is 16.0. The number of fused-ring (bicyclic) bond motifs is 1. The van der Waals surface area contributed by atoms with Gasteiger partial charge in [-0.3, -0.25) is 0 Å². The van der Waals surface area contributed by atoms with Gasteiger partial charge in [-0.1, -0.05) is 12.1 Å². The molecule has 0 saturated heterocycles. The summed E-state index contributed by atoms with van der Waals surface area (Å²) in [6.45, 7) is 6.18. The normalized spacial score (nSPS) is 11.1. The number of ether oxygens (including phenoxy) is 1. The van der Waals surface area contributed by atoms with Crippen molar-refractivity contribution in [2.24, 2.45) is 0 Å². The van der Waals surface area contributed by atoms with Gasteiger partial charge in [-0.05, 0) is 44.0 Å². The SMILES string of the molecule is COc1ccc(C)c(-c2c(N)c(N)c3ccc(C)cn23)c1C. The Balaban J connectivity index is 2.46. The van der Waals surface area contributed by atoms with Crippen molar-refractivity contribution >= 4 is 16.9 Å². The number of aryl methyl sites for hydroxylation is 2. The molecule has 22 heavy (non-hydrogen) atoms. The van der Waals surface area contributed by atoms with Gasteiger partial charge in [-0.2, -0.15) is 0 Å². The molecule has 0 saturated carbocycles. The molecule has 4 heteroatoms. The Morgan fingerprint density at radius 1 is 0.955 bits per heavy atom. The summed E-state index contributed by atoms with van der Waals surface area (Å²) in [6.07, 6.45) is 2.07. The number of methoxy groups -OCH3 is 1. The number of aromatic nitrogens is 1. The Morgan fingerprint density at radius 2 is 1.68 bits per heavy atom. The summed E-state index contributed by atoms with van der Waals surface area (Å²) in [7, 11) is 1.68. The molecule has 0 fully saturated rings. The first-order valence-corrected chi connectivity index (χ1v) is 7.26. The molecule has 0 bridgehead atoms. The zero-order valence-corrected chi connectivity index (χ0v) is 13.4. The molecule has 0 atom stereocenters. The highest BCUT2D eigenvalue weighted by Crippen LogP contribution is 2.41. The summed E-state index contributed by atoms with van der Waals surface area (Å²) in [6, 6.07) is 8.08. The minimum Gasteiger partial charge on any atom is -0.496 e. The number of nitrogen functional groups attached to an aromatic ring is 2. The van der Waals surface area contributed by atoms with Crippen molar-refractivity contribution in [1.82, 2.24) is 4.40 Å². The number of benzene rings is 1. The lowest BCUT2D eigenvalue weighted by Gasteiger charge is -2.15. The maximum absolute atomic E-state index is 6.34. The monoisotopic (exact) mass is 295 g/mol. The van der Waals surface area contributed by atoms with Crippen LogP contribution in [0, 0.1) is 20.8 Å². The number of pyridine rings is 1. The van der Waals surface area contributed by atoms with Crippen LogP contribution in [0.15, 0.2) is 30.5 Å². The molecule has 2 heterocycles. The lowest BCUT2D eigenvalue weighted by Crippen LogP contribution is -1.99. The molecule has 0 aliphatic rings. The minimum atomic E-state index is 0.616. The summed E-state index contributed by atoms with van der Waals surface area (Å²) in [5.74, 6) is 0.848. The van der Waals surface area contributed by atoms with Gasteiger partial charge in [0.25, 0.3) is 0 Å². The Hall–Kier alpha value is -2.62. The van der Waals surface area contributed by atoms with Gasteiger partial charge in [0.1, 0.15) is 5.75 Å². The number of rotatable bonds is 2. The van der Waals surface area contributed by atoms with E-state index in [1.54, 1.807) is 7.11 Å². The highest BCUT2D eigenvalue weighted by atomic mass is 16.5. The average Bonchev–Trinajstić information content (AvgIpc) is 2.72. The van der Waals surface area contributed by atoms with E-state index in [2.05, 4.69) is 24.4 Å². The van der Waals surface area contributed by atoms with Gasteiger partial charge in [0.2, 0.25) is 0 Å². The number of nitrogens with zero attached hydrogens (tertiary/aromatic N) is 1. The molecule has 4 N–H and O–H groups in total. The maximum atomic E-state index is 6.34. The topological polar surface area (TPSA) is 65.7 Å². The smallest absolute Gasteiger partial charge is 0.122 e. The molecule has 0 spiro atoms. The number of hydrogen-bond acceptors (Lipinski definition) is 3. The Labute approximate surface area is 130 Å². The summed E-state index contributed by atoms with van der Waals surface area (Å²) >= 11 is 0. The Bertz CT molecular complexity index is 878. The zero-order valence-electron chi connectivity index (χ0n) is 13.4. The standard InChI is InChI=1S/C18H21N3O/c1-10-5-7-13-16(19)17(20)18(21(13)9-10)15-11(2)6-8-14(22-4)12(15)3/h5-9H,19-20H2,1-4H3. The summed E-state index contributed by atoms with van der Waals surface area (Å²) < 4.78 is 7.54. The van der Waals surface area contributed by atoms with Gasteiger partial charge >= 0.3 is 0 Å². The number of nitrogens with two attached hydrogens (primary N) is 2. The highest BCUT2D eigenvalue weighted by Gasteiger charge is 2.20. The first-order valence-electron chi connectivity index (χ1n) is 7.26. The molecule has 0 amide bonds. The first kappa shape index (κ1) is 14.3. The van der Waals surface area contributed by atoms with E-state index in [9.17, 15) is 0 Å². The van der Waals surface area contributed by atoms with Crippen LogP contribution in [0.3, 0.4) is 0 Å². The van der Waals surface area contributed by atoms with Gasteiger partial charge in [0.05, 0.1) is 29.7 Å². The van der Waals surface area contributed by atoms with Gasteiger partial charge in [-0.15, -0.1) is 0 Å². The fourth-order valence-corrected chi connectivity index (χ4v) is 3.08. The van der Waals surface area contributed by atoms with Gasteiger partial charge in [0.15, 0.2) is 0 Å². The van der Waals surface area contributed by atoms with E-state index in [4.69, 9.17) is 16.2 Å². The summed E-state index contributed by atoms with van der Waals surface area (Å²) in [5, 5.41) is 0. The van der Waals surface area contributed by atoms with Crippen molar-refractivity contribution in [3.63, 3.8) is 0 Å². The quantitative estimate of drug-likeness (QED) is 0.757. The van der Waals surface area contributed by atoms with E-state index >= 15 is 0 Å². The molecule has 3 aromatic rings. The largest absolute Gasteiger partial charge is 0.496 e. The second kappa shape index (κ2) is 4.98. The lowest BCUT2D eigenvalue weighted by molar-refractivity contribution is 0.412. The third kappa shape index (κ3) is 1.91. The van der Waals surface area contributed by atoms with Crippen molar-refractivity contribution in [1.29, 1.82) is 0 Å². The predicted molar refractivity (Wildman–Crippen MR) is 92.4 cm³/mol. The van der Waals surface area contributed by atoms with Crippen LogP contribution in [0.25, 0.3) is 16.8 Å². The van der Waals surface area contributed by atoms with Crippen molar-refractivity contribution in [3.05, 3.63) is 47.2 Å². The molecule has 0 unspecified atom stereocenters. The molecule has 1 aromatic carbocycles. The first-order chi connectivity index (χ1) is 10.5. The van der Waals surface area contributed by atoms with E-state index < -0.39 is 0 Å². The average molecular weight is 295 g/mol. The van der Waals surface area contributed by atoms with Crippen LogP contribution >= 0.6 is 0 Å². The molecule has 0 radical (unpaired) electrons. The Kier molecular flexibility index (Phi) is 3.24. The van der Waals surface area contributed by atoms with E-state index in [0.717, 1.165) is 39.2 Å². The minimum absolute atomic E-state index is 0.616. The molecule has 2 aromatic heterocycles.